The van der Waals surface area contributed by atoms with Gasteiger partial charge in [0.15, 0.2) is 0 Å². The molecule has 3 nitrogen and oxygen atoms in total. The maximum absolute atomic E-state index is 8.94. The summed E-state index contributed by atoms with van der Waals surface area (Å²) >= 11 is 0. The molecule has 0 spiro atoms. The first-order valence-electron chi connectivity index (χ1n) is 6.25. The standard InChI is InChI=1S/C14H19N3/c1-11-3-2-7-17(8-6-11)14-9-12(10-15)4-5-13(14)16/h4-5,9,11H,2-3,6-8,16H2,1H3. The van der Waals surface area contributed by atoms with Gasteiger partial charge in [0.1, 0.15) is 0 Å². The number of benzene rings is 1. The van der Waals surface area contributed by atoms with Gasteiger partial charge < -0.3 is 10.6 Å². The molecule has 0 radical (unpaired) electrons. The van der Waals surface area contributed by atoms with Crippen molar-refractivity contribution < 1.29 is 0 Å². The summed E-state index contributed by atoms with van der Waals surface area (Å²) in [4.78, 5) is 2.32. The Morgan fingerprint density at radius 2 is 2.18 bits per heavy atom. The molecule has 17 heavy (non-hydrogen) atoms. The molecule has 0 amide bonds. The first-order valence-corrected chi connectivity index (χ1v) is 6.25. The van der Waals surface area contributed by atoms with E-state index in [1.54, 1.807) is 6.07 Å². The molecule has 0 aliphatic carbocycles. The molecule has 0 bridgehead atoms. The minimum absolute atomic E-state index is 0.687. The summed E-state index contributed by atoms with van der Waals surface area (Å²) in [5.41, 5.74) is 8.50. The predicted molar refractivity (Wildman–Crippen MR) is 70.8 cm³/mol. The molecule has 2 rings (SSSR count). The van der Waals surface area contributed by atoms with Crippen molar-refractivity contribution in [1.82, 2.24) is 0 Å². The SMILES string of the molecule is CC1CCCN(c2cc(C#N)ccc2N)CC1. The van der Waals surface area contributed by atoms with Crippen LogP contribution in [0.3, 0.4) is 0 Å². The fourth-order valence-electron chi connectivity index (χ4n) is 2.39. The molecular weight excluding hydrogens is 210 g/mol. The van der Waals surface area contributed by atoms with Gasteiger partial charge in [-0.05, 0) is 43.4 Å². The van der Waals surface area contributed by atoms with Crippen molar-refractivity contribution in [3.8, 4) is 6.07 Å². The first-order chi connectivity index (χ1) is 8.20. The lowest BCUT2D eigenvalue weighted by molar-refractivity contribution is 0.521. The lowest BCUT2D eigenvalue weighted by Crippen LogP contribution is -2.25. The van der Waals surface area contributed by atoms with Gasteiger partial charge in [-0.2, -0.15) is 5.26 Å². The summed E-state index contributed by atoms with van der Waals surface area (Å²) in [7, 11) is 0. The van der Waals surface area contributed by atoms with Crippen LogP contribution < -0.4 is 10.6 Å². The van der Waals surface area contributed by atoms with Gasteiger partial charge >= 0.3 is 0 Å². The van der Waals surface area contributed by atoms with Crippen molar-refractivity contribution in [2.24, 2.45) is 5.92 Å². The van der Waals surface area contributed by atoms with E-state index in [0.29, 0.717) is 5.56 Å². The van der Waals surface area contributed by atoms with Gasteiger partial charge in [-0.15, -0.1) is 0 Å². The number of hydrogen-bond donors (Lipinski definition) is 1. The van der Waals surface area contributed by atoms with Crippen molar-refractivity contribution in [2.75, 3.05) is 23.7 Å². The Labute approximate surface area is 103 Å². The van der Waals surface area contributed by atoms with Crippen molar-refractivity contribution in [3.05, 3.63) is 23.8 Å². The molecular formula is C14H19N3. The number of nitriles is 1. The number of nitrogens with two attached hydrogens (primary N) is 1. The van der Waals surface area contributed by atoms with E-state index in [1.807, 2.05) is 12.1 Å². The van der Waals surface area contributed by atoms with Crippen LogP contribution in [0.2, 0.25) is 0 Å². The Morgan fingerprint density at radius 3 is 2.94 bits per heavy atom. The fraction of sp³-hybridized carbons (Fsp3) is 0.500. The zero-order chi connectivity index (χ0) is 12.3. The molecule has 1 aromatic carbocycles. The lowest BCUT2D eigenvalue weighted by atomic mass is 10.0. The van der Waals surface area contributed by atoms with Crippen molar-refractivity contribution in [3.63, 3.8) is 0 Å². The average molecular weight is 229 g/mol. The molecule has 1 aliphatic rings. The summed E-state index contributed by atoms with van der Waals surface area (Å²) < 4.78 is 0. The number of hydrogen-bond acceptors (Lipinski definition) is 3. The monoisotopic (exact) mass is 229 g/mol. The molecule has 1 fully saturated rings. The van der Waals surface area contributed by atoms with Crippen molar-refractivity contribution >= 4 is 11.4 Å². The summed E-state index contributed by atoms with van der Waals surface area (Å²) in [6.07, 6.45) is 3.70. The summed E-state index contributed by atoms with van der Waals surface area (Å²) in [5, 5.41) is 8.94. The minimum Gasteiger partial charge on any atom is -0.397 e. The van der Waals surface area contributed by atoms with E-state index >= 15 is 0 Å². The van der Waals surface area contributed by atoms with Crippen LogP contribution in [0.15, 0.2) is 18.2 Å². The third-order valence-corrected chi connectivity index (χ3v) is 3.52. The van der Waals surface area contributed by atoms with Crippen LogP contribution in [0.4, 0.5) is 11.4 Å². The second-order valence-electron chi connectivity index (χ2n) is 4.91. The van der Waals surface area contributed by atoms with E-state index in [9.17, 15) is 0 Å². The molecule has 0 aromatic heterocycles. The second kappa shape index (κ2) is 5.09. The molecule has 1 atom stereocenters. The van der Waals surface area contributed by atoms with E-state index in [-0.39, 0.29) is 0 Å². The van der Waals surface area contributed by atoms with Gasteiger partial charge in [0.2, 0.25) is 0 Å². The van der Waals surface area contributed by atoms with Crippen LogP contribution in [-0.4, -0.2) is 13.1 Å². The molecule has 1 saturated heterocycles. The minimum atomic E-state index is 0.687. The Hall–Kier alpha value is -1.69. The molecule has 0 saturated carbocycles. The van der Waals surface area contributed by atoms with Gasteiger partial charge in [0.25, 0.3) is 0 Å². The van der Waals surface area contributed by atoms with Crippen LogP contribution >= 0.6 is 0 Å². The highest BCUT2D eigenvalue weighted by Crippen LogP contribution is 2.28. The van der Waals surface area contributed by atoms with Crippen molar-refractivity contribution in [1.29, 1.82) is 5.26 Å². The number of rotatable bonds is 1. The van der Waals surface area contributed by atoms with Crippen LogP contribution in [0.5, 0.6) is 0 Å². The van der Waals surface area contributed by atoms with E-state index in [2.05, 4.69) is 17.9 Å². The van der Waals surface area contributed by atoms with E-state index in [4.69, 9.17) is 11.0 Å². The van der Waals surface area contributed by atoms with E-state index in [1.165, 1.54) is 19.3 Å². The van der Waals surface area contributed by atoms with Crippen LogP contribution in [-0.2, 0) is 0 Å². The van der Waals surface area contributed by atoms with Crippen LogP contribution in [0, 0.1) is 17.2 Å². The highest BCUT2D eigenvalue weighted by molar-refractivity contribution is 5.69. The van der Waals surface area contributed by atoms with Gasteiger partial charge in [-0.3, -0.25) is 0 Å². The Balaban J connectivity index is 2.23. The third kappa shape index (κ3) is 2.71. The molecule has 2 N–H and O–H groups in total. The number of anilines is 2. The average Bonchev–Trinajstić information content (AvgIpc) is 2.55. The second-order valence-corrected chi connectivity index (χ2v) is 4.91. The number of nitrogens with zero attached hydrogens (tertiary/aromatic N) is 2. The van der Waals surface area contributed by atoms with E-state index in [0.717, 1.165) is 30.4 Å². The Morgan fingerprint density at radius 1 is 1.35 bits per heavy atom. The quantitative estimate of drug-likeness (QED) is 0.753. The van der Waals surface area contributed by atoms with Crippen molar-refractivity contribution in [2.45, 2.75) is 26.2 Å². The van der Waals surface area contributed by atoms with E-state index < -0.39 is 0 Å². The largest absolute Gasteiger partial charge is 0.397 e. The topological polar surface area (TPSA) is 53.0 Å². The fourth-order valence-corrected chi connectivity index (χ4v) is 2.39. The zero-order valence-electron chi connectivity index (χ0n) is 10.3. The van der Waals surface area contributed by atoms with Crippen LogP contribution in [0.25, 0.3) is 0 Å². The first kappa shape index (κ1) is 11.8. The summed E-state index contributed by atoms with van der Waals surface area (Å²) in [6, 6.07) is 7.70. The Bertz CT molecular complexity index is 434. The molecule has 1 aromatic rings. The lowest BCUT2D eigenvalue weighted by Gasteiger charge is -2.24. The van der Waals surface area contributed by atoms with Crippen LogP contribution in [0.1, 0.15) is 31.7 Å². The maximum atomic E-state index is 8.94. The van der Waals surface area contributed by atoms with Gasteiger partial charge in [-0.25, -0.2) is 0 Å². The highest BCUT2D eigenvalue weighted by atomic mass is 15.1. The normalized spacial score (nSPS) is 20.7. The highest BCUT2D eigenvalue weighted by Gasteiger charge is 2.16. The van der Waals surface area contributed by atoms with Gasteiger partial charge in [0.05, 0.1) is 23.0 Å². The van der Waals surface area contributed by atoms with Gasteiger partial charge in [0, 0.05) is 13.1 Å². The number of nitrogen functional groups attached to an aromatic ring is 1. The molecule has 1 heterocycles. The Kier molecular flexibility index (Phi) is 3.53. The van der Waals surface area contributed by atoms with Gasteiger partial charge in [-0.1, -0.05) is 6.92 Å². The summed E-state index contributed by atoms with van der Waals surface area (Å²) in [5.74, 6) is 0.792. The third-order valence-electron chi connectivity index (χ3n) is 3.52. The molecule has 1 aliphatic heterocycles. The zero-order valence-corrected chi connectivity index (χ0v) is 10.3. The molecule has 1 unspecified atom stereocenters. The molecule has 90 valence electrons. The summed E-state index contributed by atoms with van der Waals surface area (Å²) in [6.45, 7) is 4.39. The maximum Gasteiger partial charge on any atom is 0.0992 e. The smallest absolute Gasteiger partial charge is 0.0992 e. The predicted octanol–water partition coefficient (Wildman–Crippen LogP) is 2.77. The molecule has 3 heteroatoms.